The molecule has 1 rings (SSSR count). The first-order chi connectivity index (χ1) is 11.3. The average Bonchev–Trinajstić information content (AvgIpc) is 2.57. The Morgan fingerprint density at radius 1 is 1.12 bits per heavy atom. The number of rotatable bonds is 9. The third-order valence-electron chi connectivity index (χ3n) is 3.36. The Labute approximate surface area is 140 Å². The average molecular weight is 337 g/mol. The Balaban J connectivity index is 2.59. The fraction of sp³-hybridized carbons (Fsp3) is 0.471. The van der Waals surface area contributed by atoms with Crippen LogP contribution in [0.3, 0.4) is 0 Å². The van der Waals surface area contributed by atoms with Crippen LogP contribution >= 0.6 is 0 Å². The van der Waals surface area contributed by atoms with Gasteiger partial charge < -0.3 is 20.3 Å². The fourth-order valence-corrected chi connectivity index (χ4v) is 2.04. The van der Waals surface area contributed by atoms with E-state index in [-0.39, 0.29) is 37.7 Å². The van der Waals surface area contributed by atoms with Gasteiger partial charge in [-0.25, -0.2) is 0 Å². The largest absolute Gasteiger partial charge is 0.466 e. The van der Waals surface area contributed by atoms with Gasteiger partial charge in [-0.15, -0.1) is 0 Å². The van der Waals surface area contributed by atoms with Crippen molar-refractivity contribution in [1.29, 1.82) is 0 Å². The minimum Gasteiger partial charge on any atom is -0.466 e. The van der Waals surface area contributed by atoms with Crippen LogP contribution in [0, 0.1) is 0 Å². The van der Waals surface area contributed by atoms with Gasteiger partial charge in [0.15, 0.2) is 5.78 Å². The minimum absolute atomic E-state index is 0.0203. The summed E-state index contributed by atoms with van der Waals surface area (Å²) in [5.74, 6) is -0.925. The van der Waals surface area contributed by atoms with E-state index in [2.05, 4.69) is 5.32 Å². The van der Waals surface area contributed by atoms with Gasteiger partial charge in [0.05, 0.1) is 13.0 Å². The van der Waals surface area contributed by atoms with E-state index in [1.54, 1.807) is 6.92 Å². The molecule has 24 heavy (non-hydrogen) atoms. The first kappa shape index (κ1) is 19.8. The molecule has 7 heteroatoms. The van der Waals surface area contributed by atoms with E-state index in [4.69, 9.17) is 4.74 Å². The summed E-state index contributed by atoms with van der Waals surface area (Å²) < 4.78 is 4.76. The van der Waals surface area contributed by atoms with Gasteiger partial charge in [-0.3, -0.25) is 14.4 Å². The van der Waals surface area contributed by atoms with E-state index in [0.29, 0.717) is 11.1 Å². The lowest BCUT2D eigenvalue weighted by atomic mass is 10.00. The first-order valence-corrected chi connectivity index (χ1v) is 7.74. The third-order valence-corrected chi connectivity index (χ3v) is 3.36. The van der Waals surface area contributed by atoms with Gasteiger partial charge in [-0.2, -0.15) is 0 Å². The molecule has 2 unspecified atom stereocenters. The van der Waals surface area contributed by atoms with E-state index in [9.17, 15) is 24.6 Å². The molecule has 3 N–H and O–H groups in total. The van der Waals surface area contributed by atoms with Crippen LogP contribution in [-0.4, -0.2) is 47.1 Å². The van der Waals surface area contributed by atoms with Crippen molar-refractivity contribution in [3.8, 4) is 0 Å². The van der Waals surface area contributed by atoms with Crippen LogP contribution in [0.4, 0.5) is 0 Å². The van der Waals surface area contributed by atoms with E-state index in [1.807, 2.05) is 0 Å². The molecular formula is C17H23NO6. The lowest BCUT2D eigenvalue weighted by Crippen LogP contribution is -2.34. The number of aliphatic hydroxyl groups is 2. The number of Topliss-reactive ketones (excluding diaryl/α,β-unsaturated/α-hetero) is 1. The maximum absolute atomic E-state index is 12.0. The van der Waals surface area contributed by atoms with Crippen molar-refractivity contribution in [1.82, 2.24) is 5.32 Å². The molecule has 0 aromatic heterocycles. The van der Waals surface area contributed by atoms with E-state index < -0.39 is 18.2 Å². The van der Waals surface area contributed by atoms with Crippen molar-refractivity contribution in [2.24, 2.45) is 0 Å². The molecule has 1 aromatic carbocycles. The Morgan fingerprint density at radius 3 is 2.29 bits per heavy atom. The Bertz CT molecular complexity index is 569. The molecule has 0 spiro atoms. The maximum Gasteiger partial charge on any atom is 0.306 e. The standard InChI is InChI=1S/C17H23NO6/c1-3-24-16(22)9-8-14(20)12-4-6-13(7-5-12)17(23)15(21)10-18-11(2)19/h4-7,15,17,21,23H,3,8-10H2,1-2H3,(H,18,19). The number of benzene rings is 1. The number of aliphatic hydroxyl groups excluding tert-OH is 2. The number of carbonyl (C=O) groups excluding carboxylic acids is 3. The maximum atomic E-state index is 12.0. The van der Waals surface area contributed by atoms with Crippen molar-refractivity contribution in [3.05, 3.63) is 35.4 Å². The second kappa shape index (κ2) is 9.79. The topological polar surface area (TPSA) is 113 Å². The number of nitrogens with one attached hydrogen (secondary N) is 1. The quantitative estimate of drug-likeness (QED) is 0.452. The summed E-state index contributed by atoms with van der Waals surface area (Å²) in [5.41, 5.74) is 0.835. The van der Waals surface area contributed by atoms with E-state index in [0.717, 1.165) is 0 Å². The highest BCUT2D eigenvalue weighted by molar-refractivity contribution is 5.97. The zero-order valence-electron chi connectivity index (χ0n) is 13.8. The second-order valence-electron chi connectivity index (χ2n) is 5.30. The molecular weight excluding hydrogens is 314 g/mol. The summed E-state index contributed by atoms with van der Waals surface area (Å²) in [6, 6.07) is 6.10. The molecule has 0 saturated carbocycles. The summed E-state index contributed by atoms with van der Waals surface area (Å²) in [5, 5.41) is 22.2. The molecule has 0 radical (unpaired) electrons. The molecule has 1 aromatic rings. The van der Waals surface area contributed by atoms with Crippen molar-refractivity contribution < 1.29 is 29.3 Å². The van der Waals surface area contributed by atoms with E-state index in [1.165, 1.54) is 31.2 Å². The van der Waals surface area contributed by atoms with Gasteiger partial charge in [0.2, 0.25) is 5.91 Å². The summed E-state index contributed by atoms with van der Waals surface area (Å²) in [6.07, 6.45) is -2.27. The molecule has 0 aliphatic heterocycles. The molecule has 0 aliphatic rings. The summed E-state index contributed by atoms with van der Waals surface area (Å²) >= 11 is 0. The molecule has 2 atom stereocenters. The Kier molecular flexibility index (Phi) is 8.08. The highest BCUT2D eigenvalue weighted by Gasteiger charge is 2.19. The van der Waals surface area contributed by atoms with Crippen LogP contribution in [-0.2, 0) is 14.3 Å². The monoisotopic (exact) mass is 337 g/mol. The highest BCUT2D eigenvalue weighted by Crippen LogP contribution is 2.18. The normalized spacial score (nSPS) is 13.0. The van der Waals surface area contributed by atoms with Crippen LogP contribution in [0.1, 0.15) is 48.7 Å². The number of amides is 1. The lowest BCUT2D eigenvalue weighted by molar-refractivity contribution is -0.143. The Hall–Kier alpha value is -2.25. The molecule has 0 saturated heterocycles. The fourth-order valence-electron chi connectivity index (χ4n) is 2.04. The molecule has 0 aliphatic carbocycles. The number of esters is 1. The minimum atomic E-state index is -1.18. The van der Waals surface area contributed by atoms with Crippen LogP contribution in [0.5, 0.6) is 0 Å². The van der Waals surface area contributed by atoms with Gasteiger partial charge in [0, 0.05) is 25.5 Å². The predicted octanol–water partition coefficient (Wildman–Crippen LogP) is 0.743. The van der Waals surface area contributed by atoms with Crippen LogP contribution in [0.2, 0.25) is 0 Å². The summed E-state index contributed by atoms with van der Waals surface area (Å²) in [6.45, 7) is 3.22. The SMILES string of the molecule is CCOC(=O)CCC(=O)c1ccc(C(O)C(O)CNC(C)=O)cc1. The summed E-state index contributed by atoms with van der Waals surface area (Å²) in [4.78, 5) is 34.0. The number of carbonyl (C=O) groups is 3. The van der Waals surface area contributed by atoms with Crippen LogP contribution < -0.4 is 5.32 Å². The van der Waals surface area contributed by atoms with Gasteiger partial charge >= 0.3 is 5.97 Å². The van der Waals surface area contributed by atoms with Crippen molar-refractivity contribution in [2.75, 3.05) is 13.2 Å². The lowest BCUT2D eigenvalue weighted by Gasteiger charge is -2.18. The number of hydrogen-bond acceptors (Lipinski definition) is 6. The number of hydrogen-bond donors (Lipinski definition) is 3. The van der Waals surface area contributed by atoms with Crippen molar-refractivity contribution in [3.63, 3.8) is 0 Å². The van der Waals surface area contributed by atoms with Gasteiger partial charge in [0.1, 0.15) is 12.2 Å². The zero-order chi connectivity index (χ0) is 18.1. The van der Waals surface area contributed by atoms with Gasteiger partial charge in [-0.1, -0.05) is 24.3 Å². The van der Waals surface area contributed by atoms with Crippen molar-refractivity contribution >= 4 is 17.7 Å². The molecule has 132 valence electrons. The summed E-state index contributed by atoms with van der Waals surface area (Å²) in [7, 11) is 0. The predicted molar refractivity (Wildman–Crippen MR) is 86.3 cm³/mol. The molecule has 0 bridgehead atoms. The molecule has 7 nitrogen and oxygen atoms in total. The Morgan fingerprint density at radius 2 is 1.75 bits per heavy atom. The second-order valence-corrected chi connectivity index (χ2v) is 5.30. The highest BCUT2D eigenvalue weighted by atomic mass is 16.5. The zero-order valence-corrected chi connectivity index (χ0v) is 13.8. The van der Waals surface area contributed by atoms with Crippen LogP contribution in [0.15, 0.2) is 24.3 Å². The first-order valence-electron chi connectivity index (χ1n) is 7.74. The number of ether oxygens (including phenoxy) is 1. The number of ketones is 1. The van der Waals surface area contributed by atoms with E-state index >= 15 is 0 Å². The molecule has 0 fully saturated rings. The van der Waals surface area contributed by atoms with Crippen LogP contribution in [0.25, 0.3) is 0 Å². The molecule has 1 amide bonds. The van der Waals surface area contributed by atoms with Gasteiger partial charge in [-0.05, 0) is 12.5 Å². The third kappa shape index (κ3) is 6.47. The van der Waals surface area contributed by atoms with Gasteiger partial charge in [0.25, 0.3) is 0 Å². The smallest absolute Gasteiger partial charge is 0.306 e. The van der Waals surface area contributed by atoms with Crippen molar-refractivity contribution in [2.45, 2.75) is 38.9 Å². The molecule has 0 heterocycles.